The van der Waals surface area contributed by atoms with Crippen LogP contribution in [0.15, 0.2) is 24.0 Å². The Bertz CT molecular complexity index is 665. The van der Waals surface area contributed by atoms with Gasteiger partial charge in [-0.3, -0.25) is 4.40 Å². The van der Waals surface area contributed by atoms with Gasteiger partial charge in [0.1, 0.15) is 5.82 Å². The third-order valence-electron chi connectivity index (χ3n) is 3.33. The van der Waals surface area contributed by atoms with E-state index in [1.54, 1.807) is 11.3 Å². The summed E-state index contributed by atoms with van der Waals surface area (Å²) in [5.74, 6) is 1.04. The molecule has 0 unspecified atom stereocenters. The molecule has 0 atom stereocenters. The number of nitrogens with zero attached hydrogens (tertiary/aromatic N) is 4. The van der Waals surface area contributed by atoms with Gasteiger partial charge in [-0.1, -0.05) is 6.92 Å². The van der Waals surface area contributed by atoms with E-state index in [2.05, 4.69) is 42.8 Å². The Balaban J connectivity index is 1.78. The highest BCUT2D eigenvalue weighted by Gasteiger charge is 2.09. The zero-order chi connectivity index (χ0) is 13.9. The number of rotatable bonds is 6. The molecule has 0 bridgehead atoms. The van der Waals surface area contributed by atoms with Gasteiger partial charge >= 0.3 is 0 Å². The lowest BCUT2D eigenvalue weighted by Gasteiger charge is -2.09. The first kappa shape index (κ1) is 13.3. The van der Waals surface area contributed by atoms with Crippen molar-refractivity contribution in [1.82, 2.24) is 24.3 Å². The maximum atomic E-state index is 4.64. The summed E-state index contributed by atoms with van der Waals surface area (Å²) in [4.78, 5) is 10.1. The lowest BCUT2D eigenvalue weighted by molar-refractivity contribution is 0.620. The van der Waals surface area contributed by atoms with Crippen molar-refractivity contribution in [3.8, 4) is 0 Å². The fraction of sp³-hybridized carbons (Fsp3) is 0.429. The average molecular weight is 289 g/mol. The Morgan fingerprint density at radius 1 is 1.40 bits per heavy atom. The molecule has 5 nitrogen and oxygen atoms in total. The summed E-state index contributed by atoms with van der Waals surface area (Å²) in [6, 6.07) is 0. The second-order valence-electron chi connectivity index (χ2n) is 4.88. The molecule has 0 aliphatic rings. The molecule has 0 fully saturated rings. The molecule has 0 saturated carbocycles. The normalized spacial score (nSPS) is 11.5. The lowest BCUT2D eigenvalue weighted by Crippen LogP contribution is -2.17. The van der Waals surface area contributed by atoms with Gasteiger partial charge in [-0.25, -0.2) is 9.97 Å². The van der Waals surface area contributed by atoms with Crippen molar-refractivity contribution in [3.05, 3.63) is 41.2 Å². The Morgan fingerprint density at radius 2 is 2.30 bits per heavy atom. The molecule has 0 aliphatic heterocycles. The SMILES string of the molecule is CCCNCc1cnc(C)n1Cc1cn2ccsc2n1. The number of imidazole rings is 2. The van der Waals surface area contributed by atoms with Crippen molar-refractivity contribution in [1.29, 1.82) is 0 Å². The van der Waals surface area contributed by atoms with E-state index >= 15 is 0 Å². The Labute approximate surface area is 122 Å². The van der Waals surface area contributed by atoms with E-state index in [9.17, 15) is 0 Å². The van der Waals surface area contributed by atoms with Crippen LogP contribution in [0.5, 0.6) is 0 Å². The minimum Gasteiger partial charge on any atom is -0.325 e. The van der Waals surface area contributed by atoms with Crippen LogP contribution in [-0.2, 0) is 13.1 Å². The van der Waals surface area contributed by atoms with Crippen molar-refractivity contribution < 1.29 is 0 Å². The molecular formula is C14H19N5S. The van der Waals surface area contributed by atoms with Gasteiger partial charge in [0, 0.05) is 30.5 Å². The first-order chi connectivity index (χ1) is 9.78. The van der Waals surface area contributed by atoms with Crippen LogP contribution in [0.2, 0.25) is 0 Å². The fourth-order valence-corrected chi connectivity index (χ4v) is 3.00. The van der Waals surface area contributed by atoms with Gasteiger partial charge in [-0.2, -0.15) is 0 Å². The van der Waals surface area contributed by atoms with Crippen LogP contribution >= 0.6 is 11.3 Å². The number of hydrogen-bond donors (Lipinski definition) is 1. The second-order valence-corrected chi connectivity index (χ2v) is 5.76. The van der Waals surface area contributed by atoms with E-state index in [1.807, 2.05) is 19.3 Å². The van der Waals surface area contributed by atoms with Crippen molar-refractivity contribution in [3.63, 3.8) is 0 Å². The third-order valence-corrected chi connectivity index (χ3v) is 4.10. The van der Waals surface area contributed by atoms with E-state index in [4.69, 9.17) is 0 Å². The van der Waals surface area contributed by atoms with Crippen molar-refractivity contribution in [2.24, 2.45) is 0 Å². The van der Waals surface area contributed by atoms with Gasteiger partial charge in [0.25, 0.3) is 0 Å². The van der Waals surface area contributed by atoms with Crippen LogP contribution < -0.4 is 5.32 Å². The molecule has 6 heteroatoms. The second kappa shape index (κ2) is 5.76. The molecule has 0 saturated heterocycles. The standard InChI is InChI=1S/C14H19N5S/c1-3-4-15-7-13-8-16-11(2)19(13)10-12-9-18-5-6-20-14(18)17-12/h5-6,8-9,15H,3-4,7,10H2,1-2H3. The van der Waals surface area contributed by atoms with Gasteiger partial charge in [0.15, 0.2) is 4.96 Å². The third kappa shape index (κ3) is 2.62. The predicted octanol–water partition coefficient (Wildman–Crippen LogP) is 2.45. The number of aromatic nitrogens is 4. The molecule has 3 aromatic rings. The largest absolute Gasteiger partial charge is 0.325 e. The van der Waals surface area contributed by atoms with Gasteiger partial charge < -0.3 is 9.88 Å². The van der Waals surface area contributed by atoms with E-state index in [0.29, 0.717) is 0 Å². The quantitative estimate of drug-likeness (QED) is 0.709. The molecule has 0 aromatic carbocycles. The van der Waals surface area contributed by atoms with Crippen LogP contribution in [0, 0.1) is 6.92 Å². The number of thiazole rings is 1. The number of nitrogens with one attached hydrogen (secondary N) is 1. The summed E-state index contributed by atoms with van der Waals surface area (Å²) in [5.41, 5.74) is 2.29. The van der Waals surface area contributed by atoms with Gasteiger partial charge in [0.05, 0.1) is 17.9 Å². The Morgan fingerprint density at radius 3 is 3.10 bits per heavy atom. The molecule has 3 rings (SSSR count). The maximum Gasteiger partial charge on any atom is 0.193 e. The minimum atomic E-state index is 0.781. The molecule has 0 aliphatic carbocycles. The Hall–Kier alpha value is -1.66. The first-order valence-electron chi connectivity index (χ1n) is 6.90. The van der Waals surface area contributed by atoms with Crippen molar-refractivity contribution in [2.75, 3.05) is 6.54 Å². The van der Waals surface area contributed by atoms with E-state index in [1.165, 1.54) is 5.69 Å². The summed E-state index contributed by atoms with van der Waals surface area (Å²) in [7, 11) is 0. The van der Waals surface area contributed by atoms with Crippen LogP contribution in [0.25, 0.3) is 4.96 Å². The zero-order valence-corrected chi connectivity index (χ0v) is 12.7. The lowest BCUT2D eigenvalue weighted by atomic mass is 10.4. The van der Waals surface area contributed by atoms with Crippen LogP contribution in [-0.4, -0.2) is 25.5 Å². The Kier molecular flexibility index (Phi) is 3.84. The van der Waals surface area contributed by atoms with E-state index in [0.717, 1.165) is 42.5 Å². The van der Waals surface area contributed by atoms with Crippen LogP contribution in [0.4, 0.5) is 0 Å². The molecule has 0 spiro atoms. The maximum absolute atomic E-state index is 4.64. The molecule has 3 aromatic heterocycles. The summed E-state index contributed by atoms with van der Waals surface area (Å²) < 4.78 is 4.30. The monoisotopic (exact) mass is 289 g/mol. The zero-order valence-electron chi connectivity index (χ0n) is 11.8. The molecule has 20 heavy (non-hydrogen) atoms. The first-order valence-corrected chi connectivity index (χ1v) is 7.78. The summed E-state index contributed by atoms with van der Waals surface area (Å²) in [6.07, 6.45) is 7.23. The van der Waals surface area contributed by atoms with E-state index < -0.39 is 0 Å². The summed E-state index contributed by atoms with van der Waals surface area (Å²) in [5, 5.41) is 5.48. The summed E-state index contributed by atoms with van der Waals surface area (Å²) >= 11 is 1.66. The highest BCUT2D eigenvalue weighted by atomic mass is 32.1. The van der Waals surface area contributed by atoms with Crippen molar-refractivity contribution >= 4 is 16.3 Å². The fourth-order valence-electron chi connectivity index (χ4n) is 2.28. The van der Waals surface area contributed by atoms with Gasteiger partial charge in [-0.15, -0.1) is 11.3 Å². The smallest absolute Gasteiger partial charge is 0.193 e. The van der Waals surface area contributed by atoms with Gasteiger partial charge in [-0.05, 0) is 19.9 Å². The average Bonchev–Trinajstić information content (AvgIpc) is 3.08. The molecule has 1 N–H and O–H groups in total. The molecule has 106 valence electrons. The minimum absolute atomic E-state index is 0.781. The summed E-state index contributed by atoms with van der Waals surface area (Å²) in [6.45, 7) is 6.89. The molecule has 3 heterocycles. The number of hydrogen-bond acceptors (Lipinski definition) is 4. The molecular weight excluding hydrogens is 270 g/mol. The number of fused-ring (bicyclic) bond motifs is 1. The highest BCUT2D eigenvalue weighted by molar-refractivity contribution is 7.15. The van der Waals surface area contributed by atoms with E-state index in [-0.39, 0.29) is 0 Å². The topological polar surface area (TPSA) is 47.2 Å². The molecule has 0 amide bonds. The highest BCUT2D eigenvalue weighted by Crippen LogP contribution is 2.14. The van der Waals surface area contributed by atoms with Gasteiger partial charge in [0.2, 0.25) is 0 Å². The number of aryl methyl sites for hydroxylation is 1. The molecule has 0 radical (unpaired) electrons. The van der Waals surface area contributed by atoms with Crippen LogP contribution in [0.1, 0.15) is 30.6 Å². The predicted molar refractivity (Wildman–Crippen MR) is 81.1 cm³/mol. The van der Waals surface area contributed by atoms with Crippen LogP contribution in [0.3, 0.4) is 0 Å². The van der Waals surface area contributed by atoms with Crippen molar-refractivity contribution in [2.45, 2.75) is 33.4 Å².